The van der Waals surface area contributed by atoms with E-state index in [0.29, 0.717) is 42.4 Å². The molecule has 0 fully saturated rings. The van der Waals surface area contributed by atoms with Gasteiger partial charge in [-0.2, -0.15) is 0 Å². The normalized spacial score (nSPS) is 14.3. The van der Waals surface area contributed by atoms with Gasteiger partial charge in [0.15, 0.2) is 11.5 Å². The molecule has 0 radical (unpaired) electrons. The molecule has 2 aliphatic heterocycles. The van der Waals surface area contributed by atoms with E-state index in [9.17, 15) is 9.59 Å². The third-order valence-corrected chi connectivity index (χ3v) is 7.72. The number of para-hydroxylation sites is 1. The number of carbonyl (C=O) groups is 2. The Bertz CT molecular complexity index is 1280. The molecule has 0 unspecified atom stereocenters. The number of carbonyl (C=O) groups excluding carboxylic acids is 2. The van der Waals surface area contributed by atoms with E-state index in [2.05, 4.69) is 6.07 Å². The second-order valence-corrected chi connectivity index (χ2v) is 9.68. The van der Waals surface area contributed by atoms with Crippen LogP contribution in [0, 0.1) is 0 Å². The molecule has 2 aliphatic rings. The second kappa shape index (κ2) is 10.0. The summed E-state index contributed by atoms with van der Waals surface area (Å²) in [5, 5.41) is 0. The lowest BCUT2D eigenvalue weighted by atomic mass is 9.98. The molecule has 0 spiro atoms. The zero-order valence-electron chi connectivity index (χ0n) is 20.0. The van der Waals surface area contributed by atoms with Gasteiger partial charge >= 0.3 is 0 Å². The van der Waals surface area contributed by atoms with Gasteiger partial charge in [-0.05, 0) is 59.9 Å². The van der Waals surface area contributed by atoms with Crippen LogP contribution in [0.15, 0.2) is 65.6 Å². The topological polar surface area (TPSA) is 59.1 Å². The van der Waals surface area contributed by atoms with E-state index in [1.165, 1.54) is 22.9 Å². The summed E-state index contributed by atoms with van der Waals surface area (Å²) in [5.41, 5.74) is 5.08. The number of rotatable bonds is 6. The van der Waals surface area contributed by atoms with Gasteiger partial charge in [0.25, 0.3) is 5.91 Å². The van der Waals surface area contributed by atoms with E-state index < -0.39 is 0 Å². The molecule has 0 saturated carbocycles. The number of fused-ring (bicyclic) bond motifs is 2. The molecule has 5 rings (SSSR count). The first-order chi connectivity index (χ1) is 17.1. The van der Waals surface area contributed by atoms with Crippen LogP contribution in [0.1, 0.15) is 27.0 Å². The van der Waals surface area contributed by atoms with Crippen molar-refractivity contribution in [1.82, 2.24) is 4.90 Å². The minimum absolute atomic E-state index is 0.0208. The van der Waals surface area contributed by atoms with E-state index in [4.69, 9.17) is 9.47 Å². The maximum atomic E-state index is 13.5. The number of ether oxygens (including phenoxy) is 2. The highest BCUT2D eigenvalue weighted by atomic mass is 32.2. The summed E-state index contributed by atoms with van der Waals surface area (Å²) in [6.07, 6.45) is 1.64. The fourth-order valence-corrected chi connectivity index (χ4v) is 5.73. The fourth-order valence-electron chi connectivity index (χ4n) is 4.81. The van der Waals surface area contributed by atoms with Crippen molar-refractivity contribution < 1.29 is 19.1 Å². The highest BCUT2D eigenvalue weighted by molar-refractivity contribution is 8.00. The van der Waals surface area contributed by atoms with Gasteiger partial charge in [-0.25, -0.2) is 0 Å². The molecule has 180 valence electrons. The summed E-state index contributed by atoms with van der Waals surface area (Å²) >= 11 is 1.43. The standard InChI is InChI=1S/C28H28N2O4S/c1-33-24-15-20-11-13-29(17-21(20)16-25(24)34-2)28(32)22-8-4-6-10-26(22)35-18-27(31)30-14-12-19-7-3-5-9-23(19)30/h3-10,15-16H,11-14,17-18H2,1-2H3. The van der Waals surface area contributed by atoms with Gasteiger partial charge in [-0.3, -0.25) is 9.59 Å². The Morgan fingerprint density at radius 3 is 2.34 bits per heavy atom. The molecule has 35 heavy (non-hydrogen) atoms. The summed E-state index contributed by atoms with van der Waals surface area (Å²) < 4.78 is 10.9. The maximum Gasteiger partial charge on any atom is 0.255 e. The molecule has 0 bridgehead atoms. The largest absolute Gasteiger partial charge is 0.493 e. The molecule has 2 amide bonds. The Kier molecular flexibility index (Phi) is 6.68. The molecular weight excluding hydrogens is 460 g/mol. The van der Waals surface area contributed by atoms with E-state index in [1.54, 1.807) is 14.2 Å². The van der Waals surface area contributed by atoms with Gasteiger partial charge in [0, 0.05) is 30.2 Å². The van der Waals surface area contributed by atoms with Gasteiger partial charge in [0.1, 0.15) is 0 Å². The maximum absolute atomic E-state index is 13.5. The van der Waals surface area contributed by atoms with Crippen molar-refractivity contribution >= 4 is 29.3 Å². The lowest BCUT2D eigenvalue weighted by Gasteiger charge is -2.30. The Hall–Kier alpha value is -3.45. The average Bonchev–Trinajstić information content (AvgIpc) is 3.34. The minimum atomic E-state index is -0.0208. The summed E-state index contributed by atoms with van der Waals surface area (Å²) in [6, 6.07) is 19.6. The number of nitrogens with zero attached hydrogens (tertiary/aromatic N) is 2. The molecule has 2 heterocycles. The smallest absolute Gasteiger partial charge is 0.255 e. The van der Waals surface area contributed by atoms with Crippen molar-refractivity contribution in [1.29, 1.82) is 0 Å². The van der Waals surface area contributed by atoms with Crippen molar-refractivity contribution in [3.8, 4) is 11.5 Å². The SMILES string of the molecule is COc1cc2c(cc1OC)CN(C(=O)c1ccccc1SCC(=O)N1CCc3ccccc31)CC2. The van der Waals surface area contributed by atoms with Crippen LogP contribution in [0.2, 0.25) is 0 Å². The number of amides is 2. The van der Waals surface area contributed by atoms with Gasteiger partial charge in [-0.1, -0.05) is 30.3 Å². The quantitative estimate of drug-likeness (QED) is 0.475. The number of anilines is 1. The van der Waals surface area contributed by atoms with Crippen LogP contribution in [-0.2, 0) is 24.2 Å². The van der Waals surface area contributed by atoms with Crippen LogP contribution in [0.3, 0.4) is 0 Å². The molecule has 0 aromatic heterocycles. The Labute approximate surface area is 209 Å². The van der Waals surface area contributed by atoms with Crippen LogP contribution < -0.4 is 14.4 Å². The van der Waals surface area contributed by atoms with E-state index >= 15 is 0 Å². The van der Waals surface area contributed by atoms with Crippen LogP contribution >= 0.6 is 11.8 Å². The number of thioether (sulfide) groups is 1. The van der Waals surface area contributed by atoms with Crippen LogP contribution in [0.25, 0.3) is 0 Å². The third kappa shape index (κ3) is 4.60. The molecule has 0 saturated heterocycles. The zero-order chi connectivity index (χ0) is 24.4. The monoisotopic (exact) mass is 488 g/mol. The molecule has 7 heteroatoms. The predicted molar refractivity (Wildman–Crippen MR) is 138 cm³/mol. The van der Waals surface area contributed by atoms with Crippen LogP contribution in [0.5, 0.6) is 11.5 Å². The molecule has 0 aliphatic carbocycles. The predicted octanol–water partition coefficient (Wildman–Crippen LogP) is 4.58. The number of methoxy groups -OCH3 is 2. The first kappa shape index (κ1) is 23.3. The number of hydrogen-bond acceptors (Lipinski definition) is 5. The Balaban J connectivity index is 1.30. The van der Waals surface area contributed by atoms with Crippen molar-refractivity contribution in [3.05, 3.63) is 82.9 Å². The molecule has 3 aromatic rings. The summed E-state index contributed by atoms with van der Waals surface area (Å²) in [7, 11) is 3.25. The lowest BCUT2D eigenvalue weighted by molar-refractivity contribution is -0.116. The molecular formula is C28H28N2O4S. The first-order valence-electron chi connectivity index (χ1n) is 11.7. The molecule has 3 aromatic carbocycles. The van der Waals surface area contributed by atoms with Crippen molar-refractivity contribution in [3.63, 3.8) is 0 Å². The van der Waals surface area contributed by atoms with Gasteiger partial charge in [0.2, 0.25) is 5.91 Å². The molecule has 0 N–H and O–H groups in total. The van der Waals surface area contributed by atoms with Gasteiger partial charge in [-0.15, -0.1) is 11.8 Å². The Morgan fingerprint density at radius 1 is 0.857 bits per heavy atom. The highest BCUT2D eigenvalue weighted by Gasteiger charge is 2.27. The van der Waals surface area contributed by atoms with E-state index in [0.717, 1.165) is 29.0 Å². The fraction of sp³-hybridized carbons (Fsp3) is 0.286. The van der Waals surface area contributed by atoms with Crippen molar-refractivity contribution in [2.75, 3.05) is 38.0 Å². The molecule has 0 atom stereocenters. The summed E-state index contributed by atoms with van der Waals surface area (Å²) in [6.45, 7) is 1.85. The summed E-state index contributed by atoms with van der Waals surface area (Å²) in [5.74, 6) is 1.71. The highest BCUT2D eigenvalue weighted by Crippen LogP contribution is 2.34. The number of benzene rings is 3. The van der Waals surface area contributed by atoms with E-state index in [1.807, 2.05) is 64.4 Å². The van der Waals surface area contributed by atoms with Crippen molar-refractivity contribution in [2.45, 2.75) is 24.3 Å². The van der Waals surface area contributed by atoms with Gasteiger partial charge in [0.05, 0.1) is 25.5 Å². The van der Waals surface area contributed by atoms with E-state index in [-0.39, 0.29) is 11.8 Å². The molecule has 6 nitrogen and oxygen atoms in total. The van der Waals surface area contributed by atoms with Gasteiger partial charge < -0.3 is 19.3 Å². The zero-order valence-corrected chi connectivity index (χ0v) is 20.8. The van der Waals surface area contributed by atoms with Crippen LogP contribution in [0.4, 0.5) is 5.69 Å². The lowest BCUT2D eigenvalue weighted by Crippen LogP contribution is -2.36. The first-order valence-corrected chi connectivity index (χ1v) is 12.7. The number of hydrogen-bond donors (Lipinski definition) is 0. The summed E-state index contributed by atoms with van der Waals surface area (Å²) in [4.78, 5) is 31.1. The van der Waals surface area contributed by atoms with Crippen LogP contribution in [-0.4, -0.2) is 49.8 Å². The second-order valence-electron chi connectivity index (χ2n) is 8.66. The minimum Gasteiger partial charge on any atom is -0.493 e. The Morgan fingerprint density at radius 2 is 1.54 bits per heavy atom. The van der Waals surface area contributed by atoms with Crippen molar-refractivity contribution in [2.24, 2.45) is 0 Å². The average molecular weight is 489 g/mol. The third-order valence-electron chi connectivity index (χ3n) is 6.66.